The van der Waals surface area contributed by atoms with E-state index in [1.54, 1.807) is 0 Å². The third-order valence-electron chi connectivity index (χ3n) is 1.44. The van der Waals surface area contributed by atoms with Crippen molar-refractivity contribution in [2.24, 2.45) is 0 Å². The Kier molecular flexibility index (Phi) is 1.62. The summed E-state index contributed by atoms with van der Waals surface area (Å²) < 4.78 is -0.742. The van der Waals surface area contributed by atoms with E-state index in [1.807, 2.05) is 26.0 Å². The Bertz CT molecular complexity index is 167. The summed E-state index contributed by atoms with van der Waals surface area (Å²) in [6.45, 7) is 4.00. The molecule has 0 saturated heterocycles. The van der Waals surface area contributed by atoms with Crippen molar-refractivity contribution in [3.8, 4) is 0 Å². The summed E-state index contributed by atoms with van der Waals surface area (Å²) >= 11 is 11.5. The van der Waals surface area contributed by atoms with Crippen LogP contribution < -0.4 is 0 Å². The van der Waals surface area contributed by atoms with Gasteiger partial charge in [-0.2, -0.15) is 0 Å². The fourth-order valence-electron chi connectivity index (χ4n) is 0.847. The first-order valence-corrected chi connectivity index (χ1v) is 3.54. The second-order valence-corrected chi connectivity index (χ2v) is 3.77. The molecule has 0 heterocycles. The van der Waals surface area contributed by atoms with Crippen LogP contribution in [0, 0.1) is 0 Å². The second-order valence-electron chi connectivity index (χ2n) is 2.33. The van der Waals surface area contributed by atoms with Crippen molar-refractivity contribution in [1.82, 2.24) is 0 Å². The molecule has 0 unspecified atom stereocenters. The Morgan fingerprint density at radius 1 is 1.11 bits per heavy atom. The first-order valence-electron chi connectivity index (χ1n) is 2.78. The van der Waals surface area contributed by atoms with Crippen LogP contribution in [-0.2, 0) is 0 Å². The van der Waals surface area contributed by atoms with Gasteiger partial charge in [-0.15, -0.1) is 0 Å². The molecule has 50 valence electrons. The molecule has 0 aromatic rings. The molecule has 0 fully saturated rings. The highest BCUT2D eigenvalue weighted by molar-refractivity contribution is 6.51. The Balaban J connectivity index is 2.96. The van der Waals surface area contributed by atoms with Crippen molar-refractivity contribution in [2.45, 2.75) is 18.2 Å². The Morgan fingerprint density at radius 3 is 1.56 bits per heavy atom. The molecule has 0 amide bonds. The lowest BCUT2D eigenvalue weighted by molar-refractivity contribution is 1.30. The van der Waals surface area contributed by atoms with Crippen LogP contribution in [0.25, 0.3) is 0 Å². The van der Waals surface area contributed by atoms with Crippen LogP contribution >= 0.6 is 23.2 Å². The molecule has 0 aromatic heterocycles. The highest BCUT2D eigenvalue weighted by Crippen LogP contribution is 2.34. The van der Waals surface area contributed by atoms with Crippen LogP contribution in [0.1, 0.15) is 13.8 Å². The van der Waals surface area contributed by atoms with Gasteiger partial charge >= 0.3 is 0 Å². The molecule has 0 spiro atoms. The molecule has 0 nitrogen and oxygen atoms in total. The van der Waals surface area contributed by atoms with Gasteiger partial charge in [-0.1, -0.05) is 23.2 Å². The van der Waals surface area contributed by atoms with Crippen molar-refractivity contribution in [1.29, 1.82) is 0 Å². The monoisotopic (exact) mass is 162 g/mol. The van der Waals surface area contributed by atoms with Gasteiger partial charge in [0.15, 0.2) is 4.33 Å². The maximum atomic E-state index is 5.77. The third-order valence-corrected chi connectivity index (χ3v) is 1.88. The molecule has 2 heteroatoms. The molecule has 9 heavy (non-hydrogen) atoms. The molecular weight excluding hydrogens is 155 g/mol. The van der Waals surface area contributed by atoms with E-state index in [2.05, 4.69) is 0 Å². The van der Waals surface area contributed by atoms with Crippen LogP contribution in [0.15, 0.2) is 23.3 Å². The molecule has 0 saturated carbocycles. The molecular formula is C7H8Cl2. The molecule has 0 atom stereocenters. The smallest absolute Gasteiger partial charge is 0.0922 e. The summed E-state index contributed by atoms with van der Waals surface area (Å²) in [5.74, 6) is 0. The molecule has 0 bridgehead atoms. The van der Waals surface area contributed by atoms with Crippen LogP contribution in [0.2, 0.25) is 0 Å². The molecule has 0 aliphatic heterocycles. The minimum absolute atomic E-state index is 0.742. The van der Waals surface area contributed by atoms with Crippen molar-refractivity contribution in [3.63, 3.8) is 0 Å². The van der Waals surface area contributed by atoms with Gasteiger partial charge in [0.1, 0.15) is 0 Å². The first-order chi connectivity index (χ1) is 4.01. The summed E-state index contributed by atoms with van der Waals surface area (Å²) in [5, 5.41) is 0. The summed E-state index contributed by atoms with van der Waals surface area (Å²) in [5.41, 5.74) is 2.33. The van der Waals surface area contributed by atoms with Gasteiger partial charge in [0.05, 0.1) is 0 Å². The van der Waals surface area contributed by atoms with Crippen LogP contribution in [-0.4, -0.2) is 4.33 Å². The number of rotatable bonds is 0. The average molecular weight is 163 g/mol. The number of hydrogen-bond donors (Lipinski definition) is 0. The zero-order chi connectivity index (χ0) is 7.07. The van der Waals surface area contributed by atoms with E-state index in [-0.39, 0.29) is 0 Å². The van der Waals surface area contributed by atoms with E-state index in [0.29, 0.717) is 0 Å². The average Bonchev–Trinajstić information content (AvgIpc) is 1.79. The largest absolute Gasteiger partial charge is 0.155 e. The van der Waals surface area contributed by atoms with Gasteiger partial charge < -0.3 is 0 Å². The number of halogens is 2. The second kappa shape index (κ2) is 2.03. The van der Waals surface area contributed by atoms with E-state index < -0.39 is 4.33 Å². The lowest BCUT2D eigenvalue weighted by Gasteiger charge is -2.01. The Morgan fingerprint density at radius 2 is 1.44 bits per heavy atom. The zero-order valence-electron chi connectivity index (χ0n) is 5.41. The third kappa shape index (κ3) is 1.50. The van der Waals surface area contributed by atoms with Crippen molar-refractivity contribution in [2.75, 3.05) is 0 Å². The van der Waals surface area contributed by atoms with Gasteiger partial charge in [-0.05, 0) is 37.1 Å². The molecule has 0 N–H and O–H groups in total. The summed E-state index contributed by atoms with van der Waals surface area (Å²) in [7, 11) is 0. The molecule has 0 radical (unpaired) electrons. The summed E-state index contributed by atoms with van der Waals surface area (Å²) in [6.07, 6.45) is 3.68. The van der Waals surface area contributed by atoms with Gasteiger partial charge in [0, 0.05) is 0 Å². The highest BCUT2D eigenvalue weighted by atomic mass is 35.5. The Hall–Kier alpha value is 0.0600. The maximum Gasteiger partial charge on any atom is 0.155 e. The van der Waals surface area contributed by atoms with Crippen LogP contribution in [0.5, 0.6) is 0 Å². The highest BCUT2D eigenvalue weighted by Gasteiger charge is 2.23. The van der Waals surface area contributed by atoms with Crippen molar-refractivity contribution in [3.05, 3.63) is 23.3 Å². The number of allylic oxidation sites excluding steroid dienone is 4. The van der Waals surface area contributed by atoms with Gasteiger partial charge in [0.25, 0.3) is 0 Å². The van der Waals surface area contributed by atoms with Crippen LogP contribution in [0.3, 0.4) is 0 Å². The van der Waals surface area contributed by atoms with Gasteiger partial charge in [-0.3, -0.25) is 0 Å². The Labute approximate surface area is 65.2 Å². The van der Waals surface area contributed by atoms with Gasteiger partial charge in [-0.25, -0.2) is 0 Å². The summed E-state index contributed by atoms with van der Waals surface area (Å²) in [4.78, 5) is 0. The predicted molar refractivity (Wildman–Crippen MR) is 42.0 cm³/mol. The molecule has 1 rings (SSSR count). The summed E-state index contributed by atoms with van der Waals surface area (Å²) in [6, 6.07) is 0. The van der Waals surface area contributed by atoms with E-state index in [4.69, 9.17) is 23.2 Å². The minimum Gasteiger partial charge on any atom is -0.0922 e. The molecule has 1 aliphatic carbocycles. The van der Waals surface area contributed by atoms with Crippen LogP contribution in [0.4, 0.5) is 0 Å². The fourth-order valence-corrected chi connectivity index (χ4v) is 1.50. The minimum atomic E-state index is -0.742. The van der Waals surface area contributed by atoms with Gasteiger partial charge in [0.2, 0.25) is 0 Å². The zero-order valence-corrected chi connectivity index (χ0v) is 6.92. The fraction of sp³-hybridized carbons (Fsp3) is 0.429. The number of hydrogen-bond acceptors (Lipinski definition) is 0. The van der Waals surface area contributed by atoms with Crippen molar-refractivity contribution < 1.29 is 0 Å². The molecule has 1 aliphatic rings. The topological polar surface area (TPSA) is 0 Å². The number of alkyl halides is 2. The molecule has 0 aromatic carbocycles. The maximum absolute atomic E-state index is 5.77. The predicted octanol–water partition coefficient (Wildman–Crippen LogP) is 3.07. The van der Waals surface area contributed by atoms with E-state index >= 15 is 0 Å². The van der Waals surface area contributed by atoms with E-state index in [9.17, 15) is 0 Å². The SMILES string of the molecule is CC1=CC(Cl)(Cl)C=C1C. The van der Waals surface area contributed by atoms with E-state index in [1.165, 1.54) is 11.1 Å². The van der Waals surface area contributed by atoms with E-state index in [0.717, 1.165) is 0 Å². The van der Waals surface area contributed by atoms with Crippen molar-refractivity contribution >= 4 is 23.2 Å². The first kappa shape index (κ1) is 7.17. The lowest BCUT2D eigenvalue weighted by atomic mass is 10.2. The quantitative estimate of drug-likeness (QED) is 0.481. The standard InChI is InChI=1S/C7H8Cl2/c1-5-3-7(8,9)4-6(5)2/h3-4H,1-2H3. The lowest BCUT2D eigenvalue weighted by Crippen LogP contribution is -1.98. The normalized spacial score (nSPS) is 23.6.